The summed E-state index contributed by atoms with van der Waals surface area (Å²) >= 11 is 6.92. The predicted molar refractivity (Wildman–Crippen MR) is 87.1 cm³/mol. The molecule has 1 saturated heterocycles. The number of hydrogen-bond acceptors (Lipinski definition) is 4. The molecule has 3 nitrogen and oxygen atoms in total. The molecule has 1 fully saturated rings. The lowest BCUT2D eigenvalue weighted by Crippen LogP contribution is -2.23. The van der Waals surface area contributed by atoms with Gasteiger partial charge in [0.25, 0.3) is 0 Å². The summed E-state index contributed by atoms with van der Waals surface area (Å²) in [6.07, 6.45) is 2.34. The summed E-state index contributed by atoms with van der Waals surface area (Å²) in [5.74, 6) is 0.200. The number of rotatable bonds is 2. The van der Waals surface area contributed by atoms with E-state index in [1.165, 1.54) is 48.9 Å². The van der Waals surface area contributed by atoms with E-state index in [9.17, 15) is 9.18 Å². The zero-order chi connectivity index (χ0) is 14.8. The normalized spacial score (nSPS) is 14.8. The van der Waals surface area contributed by atoms with Gasteiger partial charge in [-0.25, -0.2) is 9.18 Å². The molecule has 0 N–H and O–H groups in total. The standard InChI is InChI=1S/C15H14FNO2S2/c16-11-3-4-13-12(8-11)10(7-14(18)19-13)9-21-15(20)17-5-1-2-6-17/h3-4,7-8H,1-2,5-6,9H2. The van der Waals surface area contributed by atoms with Crippen molar-refractivity contribution in [2.24, 2.45) is 0 Å². The average Bonchev–Trinajstić information content (AvgIpc) is 2.99. The number of thioether (sulfide) groups is 1. The Bertz CT molecular complexity index is 738. The van der Waals surface area contributed by atoms with Gasteiger partial charge in [0.15, 0.2) is 0 Å². The summed E-state index contributed by atoms with van der Waals surface area (Å²) in [5.41, 5.74) is 0.746. The Hall–Kier alpha value is -1.40. The molecule has 1 aromatic carbocycles. The van der Waals surface area contributed by atoms with Crippen molar-refractivity contribution in [2.45, 2.75) is 18.6 Å². The fraction of sp³-hybridized carbons (Fsp3) is 0.333. The zero-order valence-corrected chi connectivity index (χ0v) is 12.9. The van der Waals surface area contributed by atoms with Gasteiger partial charge in [-0.3, -0.25) is 0 Å². The van der Waals surface area contributed by atoms with Gasteiger partial charge in [-0.15, -0.1) is 0 Å². The second-order valence-electron chi connectivity index (χ2n) is 4.98. The topological polar surface area (TPSA) is 33.5 Å². The second-order valence-corrected chi connectivity index (χ2v) is 6.59. The first kappa shape index (κ1) is 14.5. The molecule has 0 aliphatic carbocycles. The first-order chi connectivity index (χ1) is 10.1. The highest BCUT2D eigenvalue weighted by Gasteiger charge is 2.16. The first-order valence-corrected chi connectivity index (χ1v) is 8.17. The highest BCUT2D eigenvalue weighted by Crippen LogP contribution is 2.25. The molecule has 0 saturated carbocycles. The molecule has 0 radical (unpaired) electrons. The minimum atomic E-state index is -0.420. The maximum absolute atomic E-state index is 13.4. The molecule has 2 heterocycles. The maximum Gasteiger partial charge on any atom is 0.336 e. The molecule has 2 aromatic rings. The Morgan fingerprint density at radius 1 is 1.33 bits per heavy atom. The molecule has 1 aromatic heterocycles. The molecule has 110 valence electrons. The lowest BCUT2D eigenvalue weighted by atomic mass is 10.1. The number of benzene rings is 1. The highest BCUT2D eigenvalue weighted by molar-refractivity contribution is 8.22. The van der Waals surface area contributed by atoms with Gasteiger partial charge in [-0.2, -0.15) is 0 Å². The molecule has 0 unspecified atom stereocenters. The molecule has 0 spiro atoms. The van der Waals surface area contributed by atoms with Crippen LogP contribution in [0.15, 0.2) is 33.5 Å². The van der Waals surface area contributed by atoms with Gasteiger partial charge in [0, 0.05) is 30.3 Å². The number of likely N-dealkylation sites (tertiary alicyclic amines) is 1. The Kier molecular flexibility index (Phi) is 4.26. The van der Waals surface area contributed by atoms with Crippen molar-refractivity contribution in [3.8, 4) is 0 Å². The van der Waals surface area contributed by atoms with E-state index in [0.29, 0.717) is 16.7 Å². The van der Waals surface area contributed by atoms with Gasteiger partial charge < -0.3 is 9.32 Å². The van der Waals surface area contributed by atoms with Gasteiger partial charge in [0.2, 0.25) is 0 Å². The van der Waals surface area contributed by atoms with Crippen molar-refractivity contribution < 1.29 is 8.81 Å². The van der Waals surface area contributed by atoms with Crippen LogP contribution >= 0.6 is 24.0 Å². The van der Waals surface area contributed by atoms with E-state index in [0.717, 1.165) is 23.0 Å². The van der Waals surface area contributed by atoms with Crippen LogP contribution in [0, 0.1) is 5.82 Å². The fourth-order valence-electron chi connectivity index (χ4n) is 2.45. The monoisotopic (exact) mass is 323 g/mol. The average molecular weight is 323 g/mol. The van der Waals surface area contributed by atoms with E-state index in [4.69, 9.17) is 16.6 Å². The number of fused-ring (bicyclic) bond motifs is 1. The van der Waals surface area contributed by atoms with Crippen LogP contribution in [0.3, 0.4) is 0 Å². The van der Waals surface area contributed by atoms with Gasteiger partial charge in [-0.1, -0.05) is 24.0 Å². The van der Waals surface area contributed by atoms with Gasteiger partial charge in [0.1, 0.15) is 15.7 Å². The Balaban J connectivity index is 1.84. The van der Waals surface area contributed by atoms with E-state index in [1.807, 2.05) is 0 Å². The zero-order valence-electron chi connectivity index (χ0n) is 11.3. The van der Waals surface area contributed by atoms with E-state index >= 15 is 0 Å². The van der Waals surface area contributed by atoms with Crippen LogP contribution in [-0.2, 0) is 5.75 Å². The molecule has 0 amide bonds. The van der Waals surface area contributed by atoms with Crippen molar-refractivity contribution in [3.63, 3.8) is 0 Å². The number of nitrogens with zero attached hydrogens (tertiary/aromatic N) is 1. The third-order valence-corrected chi connectivity index (χ3v) is 5.08. The molecule has 0 bridgehead atoms. The van der Waals surface area contributed by atoms with Crippen LogP contribution in [0.1, 0.15) is 18.4 Å². The van der Waals surface area contributed by atoms with E-state index in [2.05, 4.69) is 4.90 Å². The van der Waals surface area contributed by atoms with Crippen molar-refractivity contribution in [1.82, 2.24) is 4.90 Å². The summed E-state index contributed by atoms with van der Waals surface area (Å²) < 4.78 is 19.3. The van der Waals surface area contributed by atoms with E-state index < -0.39 is 5.63 Å². The molecular formula is C15H14FNO2S2. The van der Waals surface area contributed by atoms with Crippen molar-refractivity contribution >= 4 is 39.3 Å². The van der Waals surface area contributed by atoms with Gasteiger partial charge >= 0.3 is 5.63 Å². The molecule has 6 heteroatoms. The van der Waals surface area contributed by atoms with Crippen molar-refractivity contribution in [1.29, 1.82) is 0 Å². The Labute approximate surface area is 131 Å². The van der Waals surface area contributed by atoms with Crippen LogP contribution in [0.4, 0.5) is 4.39 Å². The minimum Gasteiger partial charge on any atom is -0.423 e. The number of hydrogen-bond donors (Lipinski definition) is 0. The quantitative estimate of drug-likeness (QED) is 0.623. The third kappa shape index (κ3) is 3.27. The Morgan fingerprint density at radius 3 is 2.86 bits per heavy atom. The largest absolute Gasteiger partial charge is 0.423 e. The van der Waals surface area contributed by atoms with Gasteiger partial charge in [-0.05, 0) is 36.6 Å². The van der Waals surface area contributed by atoms with Crippen LogP contribution in [-0.4, -0.2) is 22.3 Å². The summed E-state index contributed by atoms with van der Waals surface area (Å²) in [6.45, 7) is 2.00. The van der Waals surface area contributed by atoms with Crippen LogP contribution < -0.4 is 5.63 Å². The van der Waals surface area contributed by atoms with Crippen LogP contribution in [0.2, 0.25) is 0 Å². The molecule has 0 atom stereocenters. The molecule has 1 aliphatic heterocycles. The van der Waals surface area contributed by atoms with Gasteiger partial charge in [0.05, 0.1) is 0 Å². The summed E-state index contributed by atoms with van der Waals surface area (Å²) in [4.78, 5) is 13.8. The van der Waals surface area contributed by atoms with Crippen molar-refractivity contribution in [3.05, 3.63) is 46.1 Å². The fourth-order valence-corrected chi connectivity index (χ4v) is 3.69. The Morgan fingerprint density at radius 2 is 2.10 bits per heavy atom. The van der Waals surface area contributed by atoms with Crippen LogP contribution in [0.25, 0.3) is 11.0 Å². The SMILES string of the molecule is O=c1cc(CSC(=S)N2CCCC2)c2cc(F)ccc2o1. The summed E-state index contributed by atoms with van der Waals surface area (Å²) in [6, 6.07) is 5.59. The third-order valence-electron chi connectivity index (χ3n) is 3.51. The van der Waals surface area contributed by atoms with E-state index in [-0.39, 0.29) is 5.82 Å². The number of halogens is 1. The molecular weight excluding hydrogens is 309 g/mol. The van der Waals surface area contributed by atoms with Crippen molar-refractivity contribution in [2.75, 3.05) is 13.1 Å². The molecule has 21 heavy (non-hydrogen) atoms. The minimum absolute atomic E-state index is 0.343. The first-order valence-electron chi connectivity index (χ1n) is 6.77. The smallest absolute Gasteiger partial charge is 0.336 e. The lowest BCUT2D eigenvalue weighted by molar-refractivity contribution is 0.539. The summed E-state index contributed by atoms with van der Waals surface area (Å²) in [7, 11) is 0. The molecule has 1 aliphatic rings. The second kappa shape index (κ2) is 6.15. The molecule has 3 rings (SSSR count). The number of thiocarbonyl (C=S) groups is 1. The van der Waals surface area contributed by atoms with Crippen LogP contribution in [0.5, 0.6) is 0 Å². The maximum atomic E-state index is 13.4. The highest BCUT2D eigenvalue weighted by atomic mass is 32.2. The van der Waals surface area contributed by atoms with E-state index in [1.54, 1.807) is 0 Å². The lowest BCUT2D eigenvalue weighted by Gasteiger charge is -2.17. The predicted octanol–water partition coefficient (Wildman–Crippen LogP) is 3.55. The summed E-state index contributed by atoms with van der Waals surface area (Å²) in [5, 5.41) is 0.631.